The number of hydrogen-bond donors (Lipinski definition) is 6. The van der Waals surface area contributed by atoms with E-state index in [1.54, 1.807) is 16.4 Å². The van der Waals surface area contributed by atoms with Gasteiger partial charge < -0.3 is 21.1 Å². The smallest absolute Gasteiger partial charge is 0.251 e. The van der Waals surface area contributed by atoms with Gasteiger partial charge >= 0.3 is 0 Å². The number of carbonyl (C=O) groups excluding carboxylic acids is 1. The molecule has 1 saturated heterocycles. The molecule has 1 fully saturated rings. The van der Waals surface area contributed by atoms with Crippen LogP contribution in [0.25, 0.3) is 0 Å². The average molecular weight is 561 g/mol. The molecule has 218 valence electrons. The van der Waals surface area contributed by atoms with Crippen LogP contribution in [0, 0.1) is 0 Å². The molecule has 9 heteroatoms. The van der Waals surface area contributed by atoms with Crippen LogP contribution >= 0.6 is 10.8 Å². The molecule has 0 aliphatic carbocycles. The van der Waals surface area contributed by atoms with E-state index in [4.69, 9.17) is 0 Å². The summed E-state index contributed by atoms with van der Waals surface area (Å²) in [5.41, 5.74) is 2.79. The predicted molar refractivity (Wildman–Crippen MR) is 164 cm³/mol. The Morgan fingerprint density at radius 3 is 2.54 bits per heavy atom. The lowest BCUT2D eigenvalue weighted by Gasteiger charge is -2.47. The number of anilines is 2. The van der Waals surface area contributed by atoms with Gasteiger partial charge in [-0.25, -0.2) is 0 Å². The minimum absolute atomic E-state index is 0.280. The lowest BCUT2D eigenvalue weighted by molar-refractivity contribution is 0.0825. The molecule has 0 radical (unpaired) electrons. The molecule has 3 rings (SSSR count). The number of hydrogen-bond acceptors (Lipinski definition) is 7. The highest BCUT2D eigenvalue weighted by atomic mass is 32.3. The minimum Gasteiger partial charge on any atom is -0.390 e. The van der Waals surface area contributed by atoms with Gasteiger partial charge in [0.2, 0.25) is 0 Å². The second-order valence-electron chi connectivity index (χ2n) is 10.6. The van der Waals surface area contributed by atoms with Gasteiger partial charge in [-0.15, -0.1) is 10.8 Å². The van der Waals surface area contributed by atoms with Crippen molar-refractivity contribution < 1.29 is 19.0 Å². The van der Waals surface area contributed by atoms with Gasteiger partial charge in [0.15, 0.2) is 0 Å². The molecule has 39 heavy (non-hydrogen) atoms. The zero-order valence-electron chi connectivity index (χ0n) is 23.7. The summed E-state index contributed by atoms with van der Waals surface area (Å²) >= 11 is 0. The summed E-state index contributed by atoms with van der Waals surface area (Å²) in [6.07, 6.45) is 5.90. The van der Waals surface area contributed by atoms with Crippen LogP contribution in [0.1, 0.15) is 75.2 Å². The van der Waals surface area contributed by atoms with Crippen molar-refractivity contribution in [1.82, 2.24) is 10.6 Å². The summed E-state index contributed by atoms with van der Waals surface area (Å²) in [6.45, 7) is 7.86. The second kappa shape index (κ2) is 15.5. The van der Waals surface area contributed by atoms with Gasteiger partial charge in [-0.2, -0.15) is 0 Å². The molecule has 0 bridgehead atoms. The molecule has 0 aromatic heterocycles. The van der Waals surface area contributed by atoms with E-state index in [-0.39, 0.29) is 11.9 Å². The highest BCUT2D eigenvalue weighted by Crippen LogP contribution is 2.50. The molecular formula is C30H48N4O4S. The van der Waals surface area contributed by atoms with Crippen LogP contribution in [-0.4, -0.2) is 63.7 Å². The first-order valence-electron chi connectivity index (χ1n) is 14.4. The van der Waals surface area contributed by atoms with Gasteiger partial charge in [0.25, 0.3) is 5.91 Å². The molecule has 3 atom stereocenters. The SMILES string of the molecule is CCCCCC(C)NC[C@@H](O)[C@H](Cc1ccccc1)NC(=O)c1cc(NCC)cc(N2CCCCS2(O)O)c1. The van der Waals surface area contributed by atoms with Gasteiger partial charge in [0.1, 0.15) is 0 Å². The Labute approximate surface area is 236 Å². The van der Waals surface area contributed by atoms with E-state index >= 15 is 0 Å². The van der Waals surface area contributed by atoms with Crippen molar-refractivity contribution in [1.29, 1.82) is 0 Å². The van der Waals surface area contributed by atoms with Crippen LogP contribution < -0.4 is 20.3 Å². The van der Waals surface area contributed by atoms with Gasteiger partial charge in [-0.05, 0) is 63.3 Å². The number of nitrogens with one attached hydrogen (secondary N) is 3. The monoisotopic (exact) mass is 560 g/mol. The van der Waals surface area contributed by atoms with E-state index in [1.165, 1.54) is 12.8 Å². The molecule has 8 nitrogen and oxygen atoms in total. The zero-order chi connectivity index (χ0) is 28.3. The molecule has 0 saturated carbocycles. The maximum Gasteiger partial charge on any atom is 0.251 e. The number of amides is 1. The van der Waals surface area contributed by atoms with E-state index < -0.39 is 22.9 Å². The number of benzene rings is 2. The fourth-order valence-electron chi connectivity index (χ4n) is 4.97. The first kappa shape index (κ1) is 31.2. The van der Waals surface area contributed by atoms with Crippen LogP contribution in [0.3, 0.4) is 0 Å². The second-order valence-corrected chi connectivity index (χ2v) is 12.7. The fourth-order valence-corrected chi connectivity index (χ4v) is 6.64. The Balaban J connectivity index is 1.79. The standard InChI is InChI=1S/C30H48N4O4S/c1-4-6-8-13-23(3)32-22-29(35)28(18-24-14-9-7-10-15-24)33-30(36)25-19-26(31-5-2)21-27(20-25)34-16-11-12-17-39(34,37)38/h7,9-10,14-15,19-21,23,28-29,31-32,35,37-38H,4-6,8,11-13,16-18,22H2,1-3H3,(H,33,36)/t23?,28-,29+/m0/s1. The number of rotatable bonds is 15. The first-order valence-corrected chi connectivity index (χ1v) is 16.1. The van der Waals surface area contributed by atoms with Crippen LogP contribution in [0.4, 0.5) is 11.4 Å². The summed E-state index contributed by atoms with van der Waals surface area (Å²) in [5.74, 6) is 0.0234. The highest BCUT2D eigenvalue weighted by molar-refractivity contribution is 8.25. The van der Waals surface area contributed by atoms with Crippen molar-refractivity contribution in [3.05, 3.63) is 59.7 Å². The van der Waals surface area contributed by atoms with Crippen molar-refractivity contribution in [2.45, 2.75) is 83.9 Å². The van der Waals surface area contributed by atoms with Crippen molar-refractivity contribution in [3.8, 4) is 0 Å². The van der Waals surface area contributed by atoms with Gasteiger partial charge in [0.05, 0.1) is 23.6 Å². The molecule has 6 N–H and O–H groups in total. The molecule has 1 heterocycles. The molecule has 2 aromatic rings. The molecule has 0 spiro atoms. The summed E-state index contributed by atoms with van der Waals surface area (Å²) in [4.78, 5) is 13.6. The Morgan fingerprint density at radius 2 is 1.85 bits per heavy atom. The summed E-state index contributed by atoms with van der Waals surface area (Å²) in [5, 5.41) is 21.0. The lowest BCUT2D eigenvalue weighted by atomic mass is 10.00. The van der Waals surface area contributed by atoms with E-state index in [9.17, 15) is 19.0 Å². The zero-order valence-corrected chi connectivity index (χ0v) is 24.6. The van der Waals surface area contributed by atoms with E-state index in [0.29, 0.717) is 43.1 Å². The number of aliphatic hydroxyl groups excluding tert-OH is 1. The maximum absolute atomic E-state index is 13.6. The van der Waals surface area contributed by atoms with Gasteiger partial charge in [-0.3, -0.25) is 18.2 Å². The lowest BCUT2D eigenvalue weighted by Crippen LogP contribution is -2.49. The Hall–Kier alpha value is -2.30. The Kier molecular flexibility index (Phi) is 12.4. The number of nitrogens with zero attached hydrogens (tertiary/aromatic N) is 1. The normalized spacial score (nSPS) is 18.2. The average Bonchev–Trinajstić information content (AvgIpc) is 2.91. The largest absolute Gasteiger partial charge is 0.390 e. The molecule has 1 unspecified atom stereocenters. The predicted octanol–water partition coefficient (Wildman–Crippen LogP) is 5.64. The highest BCUT2D eigenvalue weighted by Gasteiger charge is 2.28. The topological polar surface area (TPSA) is 117 Å². The Morgan fingerprint density at radius 1 is 1.08 bits per heavy atom. The maximum atomic E-state index is 13.6. The van der Waals surface area contributed by atoms with E-state index in [1.807, 2.05) is 43.3 Å². The third-order valence-electron chi connectivity index (χ3n) is 7.23. The summed E-state index contributed by atoms with van der Waals surface area (Å²) < 4.78 is 23.0. The van der Waals surface area contributed by atoms with Gasteiger partial charge in [0, 0.05) is 36.9 Å². The van der Waals surface area contributed by atoms with Crippen LogP contribution in [-0.2, 0) is 6.42 Å². The van der Waals surface area contributed by atoms with Crippen molar-refractivity contribution in [3.63, 3.8) is 0 Å². The third-order valence-corrected chi connectivity index (χ3v) is 9.16. The van der Waals surface area contributed by atoms with Crippen molar-refractivity contribution in [2.75, 3.05) is 35.0 Å². The molecule has 1 aliphatic heterocycles. The fraction of sp³-hybridized carbons (Fsp3) is 0.567. The van der Waals surface area contributed by atoms with Crippen LogP contribution in [0.15, 0.2) is 48.5 Å². The molecular weight excluding hydrogens is 512 g/mol. The summed E-state index contributed by atoms with van der Waals surface area (Å²) in [6, 6.07) is 15.0. The molecule has 2 aromatic carbocycles. The number of unbranched alkanes of at least 4 members (excludes halogenated alkanes) is 2. The van der Waals surface area contributed by atoms with Gasteiger partial charge in [-0.1, -0.05) is 56.5 Å². The molecule has 1 aliphatic rings. The van der Waals surface area contributed by atoms with E-state index in [0.717, 1.165) is 36.9 Å². The number of aliphatic hydroxyl groups is 1. The summed E-state index contributed by atoms with van der Waals surface area (Å²) in [7, 11) is -2.93. The van der Waals surface area contributed by atoms with E-state index in [2.05, 4.69) is 29.8 Å². The van der Waals surface area contributed by atoms with Crippen LogP contribution in [0.5, 0.6) is 0 Å². The first-order chi connectivity index (χ1) is 18.7. The Bertz CT molecular complexity index is 1020. The quantitative estimate of drug-likeness (QED) is 0.156. The number of carbonyl (C=O) groups is 1. The van der Waals surface area contributed by atoms with Crippen molar-refractivity contribution >= 4 is 28.1 Å². The minimum atomic E-state index is -2.93. The van der Waals surface area contributed by atoms with Crippen molar-refractivity contribution in [2.24, 2.45) is 0 Å². The third kappa shape index (κ3) is 9.69. The molecule has 1 amide bonds. The van der Waals surface area contributed by atoms with Crippen LogP contribution in [0.2, 0.25) is 0 Å².